The summed E-state index contributed by atoms with van der Waals surface area (Å²) in [5.74, 6) is -0.984. The van der Waals surface area contributed by atoms with Crippen LogP contribution in [0.3, 0.4) is 0 Å². The first-order valence-electron chi connectivity index (χ1n) is 15.1. The quantitative estimate of drug-likeness (QED) is 0.372. The molecule has 2 amide bonds. The monoisotopic (exact) mass is 607 g/mol. The van der Waals surface area contributed by atoms with Gasteiger partial charge in [-0.2, -0.15) is 0 Å². The normalized spacial score (nSPS) is 24.6. The molecule has 9 heteroatoms. The third-order valence-electron chi connectivity index (χ3n) is 9.35. The zero-order chi connectivity index (χ0) is 30.2. The van der Waals surface area contributed by atoms with Gasteiger partial charge in [0.25, 0.3) is 0 Å². The van der Waals surface area contributed by atoms with E-state index in [0.29, 0.717) is 11.5 Å². The Labute approximate surface area is 255 Å². The first kappa shape index (κ1) is 29.5. The molecule has 9 rings (SSSR count). The van der Waals surface area contributed by atoms with E-state index >= 15 is 0 Å². The second-order valence-electron chi connectivity index (χ2n) is 12.2. The Morgan fingerprint density at radius 2 is 1.95 bits per heavy atom. The van der Waals surface area contributed by atoms with Crippen LogP contribution in [0.25, 0.3) is 5.57 Å². The molecule has 0 spiro atoms. The molecule has 1 aliphatic heterocycles. The summed E-state index contributed by atoms with van der Waals surface area (Å²) in [6, 6.07) is 3.51. The second-order valence-corrected chi connectivity index (χ2v) is 12.6. The minimum atomic E-state index is -1.35. The van der Waals surface area contributed by atoms with Crippen LogP contribution in [0.15, 0.2) is 54.3 Å². The lowest BCUT2D eigenvalue weighted by Crippen LogP contribution is -2.46. The number of rotatable bonds is 6. The molecular weight excluding hydrogens is 572 g/mol. The molecule has 43 heavy (non-hydrogen) atoms. The first-order chi connectivity index (χ1) is 20.7. The molecule has 1 aromatic carbocycles. The Kier molecular flexibility index (Phi) is 8.40. The number of halogens is 3. The Morgan fingerprint density at radius 1 is 1.12 bits per heavy atom. The summed E-state index contributed by atoms with van der Waals surface area (Å²) in [5.41, 5.74) is 5.21. The van der Waals surface area contributed by atoms with Gasteiger partial charge in [0.2, 0.25) is 11.8 Å². The highest BCUT2D eigenvalue weighted by atomic mass is 35.5. The number of hydrogen-bond donors (Lipinski definition) is 1. The van der Waals surface area contributed by atoms with E-state index < -0.39 is 23.9 Å². The zero-order valence-electron chi connectivity index (χ0n) is 24.3. The topological polar surface area (TPSA) is 71.4 Å². The Balaban J connectivity index is 1.25. The maximum Gasteiger partial charge on any atom is 0.243 e. The number of hydrogen-bond acceptors (Lipinski definition) is 3. The smallest absolute Gasteiger partial charge is 0.243 e. The Morgan fingerprint density at radius 3 is 2.72 bits per heavy atom. The molecule has 1 saturated heterocycles. The number of allylic oxidation sites excluding steroid dienone is 6. The van der Waals surface area contributed by atoms with Crippen LogP contribution in [0.5, 0.6) is 0 Å². The van der Waals surface area contributed by atoms with Crippen molar-refractivity contribution in [3.8, 4) is 0 Å². The molecule has 7 aliphatic rings. The maximum atomic E-state index is 14.7. The van der Waals surface area contributed by atoms with E-state index in [1.807, 2.05) is 4.57 Å². The van der Waals surface area contributed by atoms with E-state index in [1.165, 1.54) is 22.6 Å². The van der Waals surface area contributed by atoms with Crippen LogP contribution in [0.1, 0.15) is 85.0 Å². The average Bonchev–Trinajstić information content (AvgIpc) is 3.57. The summed E-state index contributed by atoms with van der Waals surface area (Å²) in [7, 11) is 0. The molecule has 4 atom stereocenters. The molecule has 1 fully saturated rings. The number of amides is 2. The Hall–Kier alpha value is -3.52. The number of nitrogens with zero attached hydrogens (tertiary/aromatic N) is 2. The third kappa shape index (κ3) is 5.99. The van der Waals surface area contributed by atoms with Crippen LogP contribution in [0, 0.1) is 11.7 Å². The van der Waals surface area contributed by atoms with Crippen LogP contribution < -0.4 is 5.32 Å². The summed E-state index contributed by atoms with van der Waals surface area (Å²) in [6.07, 6.45) is 15.0. The summed E-state index contributed by atoms with van der Waals surface area (Å²) >= 11 is 5.86. The van der Waals surface area contributed by atoms with Gasteiger partial charge in [0, 0.05) is 47.5 Å². The average molecular weight is 608 g/mol. The molecular formula is C34H36ClF2N3O3. The Bertz CT molecular complexity index is 1560. The second kappa shape index (κ2) is 12.2. The van der Waals surface area contributed by atoms with Crippen molar-refractivity contribution in [1.82, 2.24) is 14.8 Å². The van der Waals surface area contributed by atoms with Crippen molar-refractivity contribution in [3.63, 3.8) is 0 Å². The van der Waals surface area contributed by atoms with E-state index in [-0.39, 0.29) is 54.2 Å². The first-order valence-corrected chi connectivity index (χ1v) is 15.5. The lowest BCUT2D eigenvalue weighted by atomic mass is 9.78. The van der Waals surface area contributed by atoms with E-state index in [4.69, 9.17) is 11.6 Å². The number of aromatic nitrogens is 1. The van der Waals surface area contributed by atoms with Crippen LogP contribution in [-0.4, -0.2) is 45.8 Å². The molecule has 2 heterocycles. The van der Waals surface area contributed by atoms with Gasteiger partial charge in [-0.15, -0.1) is 0 Å². The fourth-order valence-corrected chi connectivity index (χ4v) is 7.25. The SMILES string of the molecule is CC(=O)c1cn(CC(=O)N2C[C@H](F)C[C@H]2C(=O)NCc2cccc(Cl)c2F)c2c1C1=CC[C@@H]2CC[C@@H]2C=CC(=CC2)CC1. The molecule has 6 nitrogen and oxygen atoms in total. The minimum Gasteiger partial charge on any atom is -0.350 e. The standard InChI is InChI=1S/C34H36ClF2N3O3/c1-20(41)27-18-39(33-24-12-10-22-7-5-21(6-8-22)9-11-23(13-14-24)31(27)33)19-30(42)40-17-26(36)15-29(40)34(43)38-16-25-3-2-4-28(35)32(25)37/h2-7,13,18,22,24,26,29H,8-12,14-17,19H2,1H3,(H,38,43)/t22-,24+,26-,29+/m1/s1. The van der Waals surface area contributed by atoms with Gasteiger partial charge < -0.3 is 14.8 Å². The molecule has 0 unspecified atom stereocenters. The predicted molar refractivity (Wildman–Crippen MR) is 162 cm³/mol. The van der Waals surface area contributed by atoms with Crippen LogP contribution in [0.2, 0.25) is 5.02 Å². The molecule has 226 valence electrons. The van der Waals surface area contributed by atoms with E-state index in [9.17, 15) is 23.2 Å². The van der Waals surface area contributed by atoms with Gasteiger partial charge in [-0.25, -0.2) is 8.78 Å². The highest BCUT2D eigenvalue weighted by Gasteiger charge is 2.40. The molecule has 4 bridgehead atoms. The van der Waals surface area contributed by atoms with E-state index in [2.05, 4.69) is 29.6 Å². The van der Waals surface area contributed by atoms with Gasteiger partial charge in [0.1, 0.15) is 24.6 Å². The molecule has 6 aliphatic carbocycles. The summed E-state index contributed by atoms with van der Waals surface area (Å²) in [5, 5.41) is 2.60. The number of ketones is 1. The van der Waals surface area contributed by atoms with Crippen LogP contribution >= 0.6 is 11.6 Å². The van der Waals surface area contributed by atoms with Crippen molar-refractivity contribution in [2.75, 3.05) is 6.54 Å². The van der Waals surface area contributed by atoms with Crippen LogP contribution in [0.4, 0.5) is 8.78 Å². The van der Waals surface area contributed by atoms with E-state index in [0.717, 1.165) is 55.4 Å². The van der Waals surface area contributed by atoms with Gasteiger partial charge in [0.05, 0.1) is 11.6 Å². The predicted octanol–water partition coefficient (Wildman–Crippen LogP) is 6.69. The zero-order valence-corrected chi connectivity index (χ0v) is 25.0. The molecule has 2 aromatic rings. The molecule has 0 saturated carbocycles. The molecule has 0 radical (unpaired) electrons. The lowest BCUT2D eigenvalue weighted by molar-refractivity contribution is -0.139. The number of Topliss-reactive ketones (excluding diaryl/α,β-unsaturated/α-hetero) is 1. The van der Waals surface area contributed by atoms with Crippen molar-refractivity contribution in [2.45, 2.75) is 83.1 Å². The van der Waals surface area contributed by atoms with Crippen molar-refractivity contribution in [3.05, 3.63) is 87.5 Å². The van der Waals surface area contributed by atoms with Gasteiger partial charge in [-0.3, -0.25) is 14.4 Å². The maximum absolute atomic E-state index is 14.7. The summed E-state index contributed by atoms with van der Waals surface area (Å²) < 4.78 is 30.9. The number of carbonyl (C=O) groups excluding carboxylic acids is 3. The summed E-state index contributed by atoms with van der Waals surface area (Å²) in [6.45, 7) is 1.14. The number of nitrogens with one attached hydrogen (secondary N) is 1. The largest absolute Gasteiger partial charge is 0.350 e. The van der Waals surface area contributed by atoms with Crippen molar-refractivity contribution < 1.29 is 23.2 Å². The van der Waals surface area contributed by atoms with Gasteiger partial charge in [-0.05, 0) is 63.0 Å². The summed E-state index contributed by atoms with van der Waals surface area (Å²) in [4.78, 5) is 41.1. The van der Waals surface area contributed by atoms with Crippen molar-refractivity contribution in [1.29, 1.82) is 0 Å². The fraction of sp³-hybridized carbons (Fsp3) is 0.441. The van der Waals surface area contributed by atoms with Gasteiger partial charge in [0.15, 0.2) is 5.78 Å². The van der Waals surface area contributed by atoms with Gasteiger partial charge >= 0.3 is 0 Å². The molecule has 1 N–H and O–H groups in total. The third-order valence-corrected chi connectivity index (χ3v) is 9.65. The highest BCUT2D eigenvalue weighted by molar-refractivity contribution is 6.30. The van der Waals surface area contributed by atoms with Crippen molar-refractivity contribution in [2.24, 2.45) is 5.92 Å². The fourth-order valence-electron chi connectivity index (χ4n) is 7.06. The highest BCUT2D eigenvalue weighted by Crippen LogP contribution is 2.44. The minimum absolute atomic E-state index is 0.0530. The lowest BCUT2D eigenvalue weighted by Gasteiger charge is -2.29. The number of likely N-dealkylation sites (tertiary alicyclic amines) is 1. The number of carbonyl (C=O) groups is 3. The number of benzene rings is 1. The number of alkyl halides is 1. The van der Waals surface area contributed by atoms with Gasteiger partial charge in [-0.1, -0.05) is 53.6 Å². The van der Waals surface area contributed by atoms with Crippen molar-refractivity contribution >= 4 is 34.8 Å². The van der Waals surface area contributed by atoms with E-state index in [1.54, 1.807) is 19.2 Å². The molecule has 1 aromatic heterocycles. The van der Waals surface area contributed by atoms with Crippen LogP contribution in [-0.2, 0) is 22.7 Å².